The number of aliphatic hydroxyl groups is 1. The highest BCUT2D eigenvalue weighted by atomic mass is 32.2. The maximum Gasteiger partial charge on any atom is 0.304 e. The summed E-state index contributed by atoms with van der Waals surface area (Å²) >= 11 is 0. The predicted molar refractivity (Wildman–Crippen MR) is 62.7 cm³/mol. The van der Waals surface area contributed by atoms with Crippen molar-refractivity contribution in [3.05, 3.63) is 0 Å². The number of carboxylic acids is 1. The van der Waals surface area contributed by atoms with Gasteiger partial charge < -0.3 is 10.2 Å². The zero-order valence-electron chi connectivity index (χ0n) is 10.3. The van der Waals surface area contributed by atoms with Crippen molar-refractivity contribution >= 4 is 16.2 Å². The number of hydrogen-bond acceptors (Lipinski definition) is 4. The second kappa shape index (κ2) is 6.29. The van der Waals surface area contributed by atoms with Gasteiger partial charge >= 0.3 is 5.97 Å². The molecule has 0 aromatic rings. The molecule has 3 N–H and O–H groups in total. The van der Waals surface area contributed by atoms with Crippen molar-refractivity contribution in [2.24, 2.45) is 0 Å². The first-order valence-corrected chi connectivity index (χ1v) is 6.70. The number of aliphatic carboxylic acids is 1. The second-order valence-corrected chi connectivity index (χ2v) is 6.00. The van der Waals surface area contributed by atoms with E-state index in [1.165, 1.54) is 14.0 Å². The molecule has 0 rings (SSSR count). The average molecular weight is 268 g/mol. The van der Waals surface area contributed by atoms with E-state index in [-0.39, 0.29) is 19.5 Å². The number of rotatable bonds is 8. The van der Waals surface area contributed by atoms with E-state index in [1.807, 2.05) is 0 Å². The van der Waals surface area contributed by atoms with Crippen LogP contribution >= 0.6 is 0 Å². The molecule has 7 nitrogen and oxygen atoms in total. The molecule has 0 aliphatic rings. The van der Waals surface area contributed by atoms with Crippen molar-refractivity contribution in [3.63, 3.8) is 0 Å². The van der Waals surface area contributed by atoms with Crippen LogP contribution in [-0.2, 0) is 15.0 Å². The Hall–Kier alpha value is -0.700. The lowest BCUT2D eigenvalue weighted by atomic mass is 10.1. The molecule has 0 heterocycles. The molecule has 1 atom stereocenters. The Labute approximate surface area is 102 Å². The molecule has 0 fully saturated rings. The molecule has 17 heavy (non-hydrogen) atoms. The lowest BCUT2D eigenvalue weighted by molar-refractivity contribution is -0.137. The van der Waals surface area contributed by atoms with Gasteiger partial charge in [-0.3, -0.25) is 4.79 Å². The molecule has 0 saturated carbocycles. The van der Waals surface area contributed by atoms with Crippen LogP contribution in [0.25, 0.3) is 0 Å². The average Bonchev–Trinajstić information content (AvgIpc) is 2.23. The number of hydrogen-bond donors (Lipinski definition) is 3. The van der Waals surface area contributed by atoms with Crippen molar-refractivity contribution in [3.8, 4) is 0 Å². The second-order valence-electron chi connectivity index (χ2n) is 4.14. The van der Waals surface area contributed by atoms with Gasteiger partial charge in [0.2, 0.25) is 0 Å². The monoisotopic (exact) mass is 268 g/mol. The summed E-state index contributed by atoms with van der Waals surface area (Å²) in [6, 6.07) is 0. The van der Waals surface area contributed by atoms with Crippen LogP contribution in [0.3, 0.4) is 0 Å². The fourth-order valence-corrected chi connectivity index (χ4v) is 1.90. The predicted octanol–water partition coefficient (Wildman–Crippen LogP) is -0.612. The Morgan fingerprint density at radius 3 is 2.41 bits per heavy atom. The van der Waals surface area contributed by atoms with E-state index in [4.69, 9.17) is 5.11 Å². The van der Waals surface area contributed by atoms with Gasteiger partial charge in [0.05, 0.1) is 12.0 Å². The van der Waals surface area contributed by atoms with E-state index in [1.54, 1.807) is 6.92 Å². The molecule has 0 aromatic heterocycles. The number of nitrogens with zero attached hydrogens (tertiary/aromatic N) is 1. The maximum absolute atomic E-state index is 11.6. The van der Waals surface area contributed by atoms with Gasteiger partial charge in [-0.05, 0) is 13.3 Å². The molecule has 0 amide bonds. The van der Waals surface area contributed by atoms with Crippen LogP contribution < -0.4 is 4.72 Å². The zero-order chi connectivity index (χ0) is 13.7. The normalized spacial score (nSPS) is 15.8. The Balaban J connectivity index is 4.33. The summed E-state index contributed by atoms with van der Waals surface area (Å²) in [6.07, 6.45) is 0.149. The van der Waals surface area contributed by atoms with Crippen LogP contribution in [0, 0.1) is 0 Å². The Morgan fingerprint density at radius 1 is 1.47 bits per heavy atom. The van der Waals surface area contributed by atoms with Crippen molar-refractivity contribution in [1.82, 2.24) is 9.03 Å². The van der Waals surface area contributed by atoms with Gasteiger partial charge in [0, 0.05) is 20.1 Å². The Morgan fingerprint density at radius 2 is 2.00 bits per heavy atom. The minimum Gasteiger partial charge on any atom is -0.481 e. The number of carboxylic acid groups (broad SMARTS) is 1. The Kier molecular flexibility index (Phi) is 6.03. The quantitative estimate of drug-likeness (QED) is 0.544. The highest BCUT2D eigenvalue weighted by molar-refractivity contribution is 7.87. The molecule has 8 heteroatoms. The van der Waals surface area contributed by atoms with Gasteiger partial charge in [0.15, 0.2) is 0 Å². The molecule has 0 saturated heterocycles. The summed E-state index contributed by atoms with van der Waals surface area (Å²) < 4.78 is 26.4. The smallest absolute Gasteiger partial charge is 0.304 e. The maximum atomic E-state index is 11.6. The minimum atomic E-state index is -3.74. The molecule has 1 unspecified atom stereocenters. The highest BCUT2D eigenvalue weighted by Gasteiger charge is 2.24. The molecule has 0 aliphatic carbocycles. The van der Waals surface area contributed by atoms with Gasteiger partial charge in [-0.15, -0.1) is 0 Å². The van der Waals surface area contributed by atoms with E-state index in [9.17, 15) is 18.3 Å². The number of carbonyl (C=O) groups is 1. The van der Waals surface area contributed by atoms with Crippen LogP contribution in [0.1, 0.15) is 26.7 Å². The largest absolute Gasteiger partial charge is 0.481 e. The van der Waals surface area contributed by atoms with Crippen molar-refractivity contribution in [2.45, 2.75) is 32.3 Å². The van der Waals surface area contributed by atoms with E-state index >= 15 is 0 Å². The van der Waals surface area contributed by atoms with E-state index in [2.05, 4.69) is 4.72 Å². The molecule has 0 aliphatic heterocycles. The van der Waals surface area contributed by atoms with E-state index in [0.29, 0.717) is 6.42 Å². The SMILES string of the molecule is CCC(C)(O)CNS(=O)(=O)N(C)CCC(=O)O. The van der Waals surface area contributed by atoms with Crippen molar-refractivity contribution in [1.29, 1.82) is 0 Å². The zero-order valence-corrected chi connectivity index (χ0v) is 11.1. The summed E-state index contributed by atoms with van der Waals surface area (Å²) in [7, 11) is -2.46. The van der Waals surface area contributed by atoms with Crippen LogP contribution in [0.4, 0.5) is 0 Å². The third kappa shape index (κ3) is 6.57. The minimum absolute atomic E-state index is 0.108. The molecule has 0 aromatic carbocycles. The molecule has 0 radical (unpaired) electrons. The summed E-state index contributed by atoms with van der Waals surface area (Å²) in [4.78, 5) is 10.3. The number of nitrogens with one attached hydrogen (secondary N) is 1. The van der Waals surface area contributed by atoms with Crippen molar-refractivity contribution < 1.29 is 23.4 Å². The fourth-order valence-electron chi connectivity index (χ4n) is 0.855. The van der Waals surface area contributed by atoms with Crippen LogP contribution in [-0.4, -0.2) is 54.6 Å². The van der Waals surface area contributed by atoms with Gasteiger partial charge in [0.1, 0.15) is 0 Å². The molecule has 102 valence electrons. The third-order valence-electron chi connectivity index (χ3n) is 2.45. The molecule has 0 spiro atoms. The van der Waals surface area contributed by atoms with Crippen LogP contribution in [0.15, 0.2) is 0 Å². The van der Waals surface area contributed by atoms with Gasteiger partial charge in [-0.1, -0.05) is 6.92 Å². The van der Waals surface area contributed by atoms with Crippen LogP contribution in [0.2, 0.25) is 0 Å². The van der Waals surface area contributed by atoms with Crippen molar-refractivity contribution in [2.75, 3.05) is 20.1 Å². The van der Waals surface area contributed by atoms with E-state index < -0.39 is 21.8 Å². The first-order valence-electron chi connectivity index (χ1n) is 5.26. The standard InChI is InChI=1S/C9H20N2O5S/c1-4-9(2,14)7-10-17(15,16)11(3)6-5-8(12)13/h10,14H,4-7H2,1-3H3,(H,12,13). The lowest BCUT2D eigenvalue weighted by Gasteiger charge is -2.24. The first-order chi connectivity index (χ1) is 7.60. The lowest BCUT2D eigenvalue weighted by Crippen LogP contribution is -2.46. The highest BCUT2D eigenvalue weighted by Crippen LogP contribution is 2.07. The third-order valence-corrected chi connectivity index (χ3v) is 3.96. The summed E-state index contributed by atoms with van der Waals surface area (Å²) in [5, 5.41) is 18.1. The first kappa shape index (κ1) is 16.3. The molecular weight excluding hydrogens is 248 g/mol. The summed E-state index contributed by atoms with van der Waals surface area (Å²) in [5.74, 6) is -1.06. The van der Waals surface area contributed by atoms with Crippen LogP contribution in [0.5, 0.6) is 0 Å². The Bertz CT molecular complexity index is 352. The van der Waals surface area contributed by atoms with Gasteiger partial charge in [-0.2, -0.15) is 17.4 Å². The fraction of sp³-hybridized carbons (Fsp3) is 0.889. The molecule has 0 bridgehead atoms. The van der Waals surface area contributed by atoms with Gasteiger partial charge in [-0.25, -0.2) is 0 Å². The van der Waals surface area contributed by atoms with E-state index in [0.717, 1.165) is 4.31 Å². The molecular formula is C9H20N2O5S. The summed E-state index contributed by atoms with van der Waals surface area (Å²) in [5.41, 5.74) is -1.11. The summed E-state index contributed by atoms with van der Waals surface area (Å²) in [6.45, 7) is 3.04. The van der Waals surface area contributed by atoms with Gasteiger partial charge in [0.25, 0.3) is 10.2 Å². The topological polar surface area (TPSA) is 107 Å².